The summed E-state index contributed by atoms with van der Waals surface area (Å²) in [5.74, 6) is -2.74. The number of methoxy groups -OCH3 is 1. The molecule has 2 unspecified atom stereocenters. The molecule has 0 aromatic heterocycles. The van der Waals surface area contributed by atoms with Gasteiger partial charge in [0.25, 0.3) is 0 Å². The second-order valence-electron chi connectivity index (χ2n) is 4.22. The third kappa shape index (κ3) is 1.77. The van der Waals surface area contributed by atoms with Crippen LogP contribution in [0.25, 0.3) is 0 Å². The van der Waals surface area contributed by atoms with E-state index in [1.165, 1.54) is 7.11 Å². The lowest BCUT2D eigenvalue weighted by molar-refractivity contribution is -0.145. The highest BCUT2D eigenvalue weighted by Crippen LogP contribution is 2.57. The lowest BCUT2D eigenvalue weighted by atomic mass is 9.92. The van der Waals surface area contributed by atoms with E-state index >= 15 is 0 Å². The molecule has 18 heavy (non-hydrogen) atoms. The van der Waals surface area contributed by atoms with Gasteiger partial charge in [0, 0.05) is 10.0 Å². The fraction of sp³-hybridized carbons (Fsp3) is 0.333. The van der Waals surface area contributed by atoms with E-state index < -0.39 is 23.3 Å². The number of benzene rings is 1. The average molecular weight is 315 g/mol. The van der Waals surface area contributed by atoms with Crippen LogP contribution in [0.4, 0.5) is 0 Å². The van der Waals surface area contributed by atoms with Crippen LogP contribution in [0.3, 0.4) is 0 Å². The van der Waals surface area contributed by atoms with Gasteiger partial charge in [0.1, 0.15) is 11.2 Å². The van der Waals surface area contributed by atoms with Gasteiger partial charge in [-0.25, -0.2) is 0 Å². The molecule has 2 atom stereocenters. The summed E-state index contributed by atoms with van der Waals surface area (Å²) >= 11 is 3.26. The summed E-state index contributed by atoms with van der Waals surface area (Å²) in [5, 5.41) is 18.4. The van der Waals surface area contributed by atoms with Crippen LogP contribution in [0.1, 0.15) is 12.0 Å². The molecule has 1 saturated carbocycles. The summed E-state index contributed by atoms with van der Waals surface area (Å²) in [4.78, 5) is 22.5. The smallest absolute Gasteiger partial charge is 0.315 e. The van der Waals surface area contributed by atoms with Gasteiger partial charge in [-0.3, -0.25) is 9.59 Å². The van der Waals surface area contributed by atoms with E-state index in [0.29, 0.717) is 15.8 Å². The van der Waals surface area contributed by atoms with Crippen LogP contribution in [0.5, 0.6) is 5.75 Å². The van der Waals surface area contributed by atoms with E-state index in [2.05, 4.69) is 15.9 Å². The molecular formula is C12H11BrO5. The predicted octanol–water partition coefficient (Wildman–Crippen LogP) is 1.88. The Kier molecular flexibility index (Phi) is 3.06. The van der Waals surface area contributed by atoms with Gasteiger partial charge >= 0.3 is 11.9 Å². The number of rotatable bonds is 4. The zero-order chi connectivity index (χ0) is 13.5. The fourth-order valence-corrected chi connectivity index (χ4v) is 2.60. The number of ether oxygens (including phenoxy) is 1. The standard InChI is InChI=1S/C12H11BrO5/c1-18-9-3-2-6(13)4-7(9)12(11(16)17)5-8(12)10(14)15/h2-4,8H,5H2,1H3,(H,14,15)(H,16,17). The summed E-state index contributed by atoms with van der Waals surface area (Å²) < 4.78 is 5.82. The van der Waals surface area contributed by atoms with Crippen molar-refractivity contribution in [2.75, 3.05) is 7.11 Å². The van der Waals surface area contributed by atoms with E-state index in [1.807, 2.05) is 0 Å². The minimum Gasteiger partial charge on any atom is -0.496 e. The zero-order valence-corrected chi connectivity index (χ0v) is 11.1. The van der Waals surface area contributed by atoms with Crippen LogP contribution in [0.15, 0.2) is 22.7 Å². The molecule has 0 saturated heterocycles. The Morgan fingerprint density at radius 3 is 2.56 bits per heavy atom. The molecule has 1 aromatic carbocycles. The summed E-state index contributed by atoms with van der Waals surface area (Å²) in [7, 11) is 1.43. The minimum atomic E-state index is -1.37. The van der Waals surface area contributed by atoms with E-state index in [1.54, 1.807) is 18.2 Å². The molecule has 0 amide bonds. The molecule has 5 nitrogen and oxygen atoms in total. The SMILES string of the molecule is COc1ccc(Br)cc1C1(C(=O)O)CC1C(=O)O. The van der Waals surface area contributed by atoms with Gasteiger partial charge in [-0.1, -0.05) is 15.9 Å². The Bertz CT molecular complexity index is 527. The first kappa shape index (κ1) is 12.9. The highest BCUT2D eigenvalue weighted by atomic mass is 79.9. The van der Waals surface area contributed by atoms with E-state index in [0.717, 1.165) is 0 Å². The summed E-state index contributed by atoms with van der Waals surface area (Å²) in [6, 6.07) is 4.95. The van der Waals surface area contributed by atoms with Crippen LogP contribution >= 0.6 is 15.9 Å². The molecule has 0 radical (unpaired) electrons. The van der Waals surface area contributed by atoms with Gasteiger partial charge in [-0.15, -0.1) is 0 Å². The molecule has 0 heterocycles. The van der Waals surface area contributed by atoms with Crippen molar-refractivity contribution in [1.82, 2.24) is 0 Å². The monoisotopic (exact) mass is 314 g/mol. The predicted molar refractivity (Wildman–Crippen MR) is 65.8 cm³/mol. The first-order chi connectivity index (χ1) is 8.43. The second-order valence-corrected chi connectivity index (χ2v) is 5.13. The largest absolute Gasteiger partial charge is 0.496 e. The quantitative estimate of drug-likeness (QED) is 0.886. The Balaban J connectivity index is 2.55. The number of hydrogen-bond donors (Lipinski definition) is 2. The van der Waals surface area contributed by atoms with E-state index in [4.69, 9.17) is 9.84 Å². The molecule has 2 rings (SSSR count). The lowest BCUT2D eigenvalue weighted by Gasteiger charge is -2.16. The lowest BCUT2D eigenvalue weighted by Crippen LogP contribution is -2.26. The second kappa shape index (κ2) is 4.28. The van der Waals surface area contributed by atoms with Gasteiger partial charge in [-0.2, -0.15) is 0 Å². The molecular weight excluding hydrogens is 304 g/mol. The van der Waals surface area contributed by atoms with Crippen molar-refractivity contribution in [2.24, 2.45) is 5.92 Å². The van der Waals surface area contributed by atoms with Gasteiger partial charge in [0.15, 0.2) is 0 Å². The molecule has 2 N–H and O–H groups in total. The average Bonchev–Trinajstić information content (AvgIpc) is 3.05. The van der Waals surface area contributed by atoms with Gasteiger partial charge in [-0.05, 0) is 24.6 Å². The Morgan fingerprint density at radius 2 is 2.11 bits per heavy atom. The van der Waals surface area contributed by atoms with Gasteiger partial charge in [0.05, 0.1) is 13.0 Å². The van der Waals surface area contributed by atoms with Crippen molar-refractivity contribution < 1.29 is 24.5 Å². The van der Waals surface area contributed by atoms with Crippen LogP contribution in [0, 0.1) is 5.92 Å². The topological polar surface area (TPSA) is 83.8 Å². The summed E-state index contributed by atoms with van der Waals surface area (Å²) in [5.41, 5.74) is -0.972. The van der Waals surface area contributed by atoms with Crippen molar-refractivity contribution >= 4 is 27.9 Å². The van der Waals surface area contributed by atoms with Crippen molar-refractivity contribution in [3.63, 3.8) is 0 Å². The molecule has 6 heteroatoms. The Hall–Kier alpha value is -1.56. The number of carbonyl (C=O) groups is 2. The molecule has 0 bridgehead atoms. The van der Waals surface area contributed by atoms with Crippen molar-refractivity contribution in [2.45, 2.75) is 11.8 Å². The molecule has 1 aliphatic carbocycles. The summed E-state index contributed by atoms with van der Waals surface area (Å²) in [6.07, 6.45) is 0.0878. The van der Waals surface area contributed by atoms with Crippen LogP contribution < -0.4 is 4.74 Å². The highest BCUT2D eigenvalue weighted by Gasteiger charge is 2.66. The molecule has 1 aromatic rings. The molecule has 1 aliphatic rings. The Morgan fingerprint density at radius 1 is 1.44 bits per heavy atom. The number of carboxylic acids is 2. The van der Waals surface area contributed by atoms with Crippen LogP contribution in [0.2, 0.25) is 0 Å². The molecule has 96 valence electrons. The van der Waals surface area contributed by atoms with Crippen LogP contribution in [-0.4, -0.2) is 29.3 Å². The van der Waals surface area contributed by atoms with Crippen molar-refractivity contribution in [3.05, 3.63) is 28.2 Å². The highest BCUT2D eigenvalue weighted by molar-refractivity contribution is 9.10. The van der Waals surface area contributed by atoms with E-state index in [9.17, 15) is 14.7 Å². The fourth-order valence-electron chi connectivity index (χ4n) is 2.24. The maximum atomic E-state index is 11.4. The van der Waals surface area contributed by atoms with Gasteiger partial charge < -0.3 is 14.9 Å². The maximum absolute atomic E-state index is 11.4. The van der Waals surface area contributed by atoms with Crippen molar-refractivity contribution in [3.8, 4) is 5.75 Å². The molecule has 1 fully saturated rings. The Labute approximate surface area is 112 Å². The summed E-state index contributed by atoms with van der Waals surface area (Å²) in [6.45, 7) is 0. The molecule has 0 spiro atoms. The molecule has 0 aliphatic heterocycles. The number of aliphatic carboxylic acids is 2. The normalized spacial score (nSPS) is 25.6. The third-order valence-corrected chi connectivity index (χ3v) is 3.78. The number of carboxylic acid groups (broad SMARTS) is 2. The first-order valence-corrected chi connectivity index (χ1v) is 6.03. The first-order valence-electron chi connectivity index (χ1n) is 5.23. The number of halogens is 1. The van der Waals surface area contributed by atoms with Gasteiger partial charge in [0.2, 0.25) is 0 Å². The number of hydrogen-bond acceptors (Lipinski definition) is 3. The maximum Gasteiger partial charge on any atom is 0.315 e. The van der Waals surface area contributed by atoms with E-state index in [-0.39, 0.29) is 6.42 Å². The zero-order valence-electron chi connectivity index (χ0n) is 9.51. The third-order valence-electron chi connectivity index (χ3n) is 3.28. The van der Waals surface area contributed by atoms with Crippen LogP contribution in [-0.2, 0) is 15.0 Å². The minimum absolute atomic E-state index is 0.0878. The van der Waals surface area contributed by atoms with Crippen molar-refractivity contribution in [1.29, 1.82) is 0 Å².